The molecular weight excluding hydrogens is 587 g/mol. The average molecular weight is 620 g/mol. The zero-order valence-electron chi connectivity index (χ0n) is 26.6. The van der Waals surface area contributed by atoms with Gasteiger partial charge in [-0.05, 0) is 78.9 Å². The number of hydrogen-bond donors (Lipinski definition) is 1. The minimum absolute atomic E-state index is 0.0905. The standard InChI is InChI=1S/C44H33N3O/c1-44(47-38-16-8-5-13-31(38)32-14-6-9-17-39(32)47)24-23-28(27-45)25-36(44)29-19-21-37-35(26-29)42-40(46(37)30-11-3-2-4-12-30)22-20-34-33-15-7-10-18-41(33)48-43(34)42/h2-25,27,29,36,45H,26H2,1H3/t29?,36?,44-/m1/s1. The van der Waals surface area contributed by atoms with E-state index in [2.05, 4.69) is 156 Å². The molecule has 230 valence electrons. The van der Waals surface area contributed by atoms with Crippen molar-refractivity contribution >= 4 is 66.9 Å². The molecule has 0 fully saturated rings. The number of para-hydroxylation sites is 4. The molecule has 3 aromatic heterocycles. The van der Waals surface area contributed by atoms with Crippen LogP contribution in [-0.2, 0) is 12.0 Å². The Hall–Kier alpha value is -5.87. The van der Waals surface area contributed by atoms with Crippen LogP contribution in [0.3, 0.4) is 0 Å². The number of nitrogens with one attached hydrogen (secondary N) is 1. The molecule has 0 saturated carbocycles. The van der Waals surface area contributed by atoms with Gasteiger partial charge in [-0.1, -0.05) is 97.1 Å². The first kappa shape index (κ1) is 27.3. The molecular formula is C44H33N3O. The lowest BCUT2D eigenvalue weighted by Crippen LogP contribution is -2.41. The van der Waals surface area contributed by atoms with Gasteiger partial charge in [0.05, 0.1) is 11.1 Å². The van der Waals surface area contributed by atoms with Crippen molar-refractivity contribution in [1.82, 2.24) is 9.13 Å². The molecule has 2 aliphatic carbocycles. The predicted octanol–water partition coefficient (Wildman–Crippen LogP) is 11.0. The number of aromatic nitrogens is 2. The highest BCUT2D eigenvalue weighted by atomic mass is 16.3. The molecule has 48 heavy (non-hydrogen) atoms. The van der Waals surface area contributed by atoms with E-state index in [1.54, 1.807) is 0 Å². The van der Waals surface area contributed by atoms with Crippen LogP contribution in [0.4, 0.5) is 0 Å². The number of hydrogen-bond acceptors (Lipinski definition) is 2. The summed E-state index contributed by atoms with van der Waals surface area (Å²) in [5.74, 6) is 0.268. The van der Waals surface area contributed by atoms with Crippen LogP contribution >= 0.6 is 0 Å². The van der Waals surface area contributed by atoms with E-state index in [0.29, 0.717) is 0 Å². The fraction of sp³-hybridized carbons (Fsp3) is 0.114. The smallest absolute Gasteiger partial charge is 0.145 e. The third kappa shape index (κ3) is 3.68. The van der Waals surface area contributed by atoms with Crippen molar-refractivity contribution < 1.29 is 4.42 Å². The third-order valence-corrected chi connectivity index (χ3v) is 10.9. The summed E-state index contributed by atoms with van der Waals surface area (Å²) < 4.78 is 11.6. The van der Waals surface area contributed by atoms with Crippen LogP contribution in [0.5, 0.6) is 0 Å². The summed E-state index contributed by atoms with van der Waals surface area (Å²) in [6.07, 6.45) is 13.9. The second-order valence-corrected chi connectivity index (χ2v) is 13.5. The minimum atomic E-state index is -0.381. The van der Waals surface area contributed by atoms with Gasteiger partial charge in [-0.3, -0.25) is 0 Å². The maximum Gasteiger partial charge on any atom is 0.145 e. The highest BCUT2D eigenvalue weighted by Crippen LogP contribution is 2.48. The first-order chi connectivity index (χ1) is 23.6. The zero-order valence-corrected chi connectivity index (χ0v) is 26.6. The Kier molecular flexibility index (Phi) is 5.72. The Balaban J connectivity index is 1.21. The molecule has 0 saturated heterocycles. The van der Waals surface area contributed by atoms with Crippen LogP contribution in [0, 0.1) is 17.2 Å². The van der Waals surface area contributed by atoms with Gasteiger partial charge in [0.2, 0.25) is 0 Å². The third-order valence-electron chi connectivity index (χ3n) is 10.9. The molecule has 3 heterocycles. The molecule has 3 atom stereocenters. The normalized spacial score (nSPS) is 20.6. The summed E-state index contributed by atoms with van der Waals surface area (Å²) in [6, 6.07) is 41.1. The number of rotatable bonds is 4. The number of benzene rings is 5. The Morgan fingerprint density at radius 3 is 2.17 bits per heavy atom. The monoisotopic (exact) mass is 619 g/mol. The first-order valence-corrected chi connectivity index (χ1v) is 16.8. The van der Waals surface area contributed by atoms with E-state index in [4.69, 9.17) is 9.83 Å². The Morgan fingerprint density at radius 2 is 1.42 bits per heavy atom. The molecule has 0 spiro atoms. The summed E-state index contributed by atoms with van der Waals surface area (Å²) >= 11 is 0. The van der Waals surface area contributed by atoms with Gasteiger partial charge in [-0.15, -0.1) is 0 Å². The Labute approximate surface area is 278 Å². The van der Waals surface area contributed by atoms with Gasteiger partial charge in [0, 0.05) is 61.5 Å². The highest BCUT2D eigenvalue weighted by molar-refractivity contribution is 6.16. The van der Waals surface area contributed by atoms with Crippen molar-refractivity contribution in [2.24, 2.45) is 11.8 Å². The lowest BCUT2D eigenvalue weighted by molar-refractivity contribution is 0.256. The highest BCUT2D eigenvalue weighted by Gasteiger charge is 2.42. The molecule has 2 unspecified atom stereocenters. The molecule has 0 radical (unpaired) electrons. The van der Waals surface area contributed by atoms with E-state index < -0.39 is 0 Å². The lowest BCUT2D eigenvalue weighted by atomic mass is 9.69. The lowest BCUT2D eigenvalue weighted by Gasteiger charge is -2.43. The summed E-state index contributed by atoms with van der Waals surface area (Å²) in [5, 5.41) is 14.3. The van der Waals surface area contributed by atoms with E-state index in [9.17, 15) is 0 Å². The van der Waals surface area contributed by atoms with E-state index >= 15 is 0 Å². The van der Waals surface area contributed by atoms with Crippen LogP contribution in [0.25, 0.3) is 66.4 Å². The Bertz CT molecular complexity index is 2640. The summed E-state index contributed by atoms with van der Waals surface area (Å²) in [7, 11) is 0. The summed E-state index contributed by atoms with van der Waals surface area (Å²) in [6.45, 7) is 2.37. The second kappa shape index (κ2) is 10.1. The van der Waals surface area contributed by atoms with Crippen LogP contribution in [0.1, 0.15) is 18.2 Å². The van der Waals surface area contributed by atoms with E-state index in [1.807, 2.05) is 6.07 Å². The van der Waals surface area contributed by atoms with Crippen molar-refractivity contribution in [2.45, 2.75) is 18.9 Å². The van der Waals surface area contributed by atoms with Crippen LogP contribution in [-0.4, -0.2) is 15.3 Å². The van der Waals surface area contributed by atoms with Gasteiger partial charge < -0.3 is 19.0 Å². The SMILES string of the molecule is C[C@@]1(n2c3ccccc3c3ccccc32)C=CC(C=N)=CC1C1C=Cc2c(c3c4oc5ccccc5c4ccc3n2-c2ccccc2)C1. The van der Waals surface area contributed by atoms with Crippen LogP contribution < -0.4 is 0 Å². The van der Waals surface area contributed by atoms with Gasteiger partial charge in [0.1, 0.15) is 11.2 Å². The molecule has 1 N–H and O–H groups in total. The maximum atomic E-state index is 8.25. The van der Waals surface area contributed by atoms with Crippen molar-refractivity contribution in [3.05, 3.63) is 156 Å². The van der Waals surface area contributed by atoms with Crippen LogP contribution in [0.2, 0.25) is 0 Å². The van der Waals surface area contributed by atoms with Gasteiger partial charge in [0.25, 0.3) is 0 Å². The summed E-state index contributed by atoms with van der Waals surface area (Å²) in [5.41, 5.74) is 9.73. The number of allylic oxidation sites excluding steroid dienone is 5. The minimum Gasteiger partial charge on any atom is -0.455 e. The van der Waals surface area contributed by atoms with Crippen molar-refractivity contribution in [3.8, 4) is 5.69 Å². The molecule has 4 heteroatoms. The van der Waals surface area contributed by atoms with Crippen molar-refractivity contribution in [2.75, 3.05) is 0 Å². The zero-order chi connectivity index (χ0) is 32.0. The fourth-order valence-electron chi connectivity index (χ4n) is 8.78. The molecule has 5 aromatic carbocycles. The van der Waals surface area contributed by atoms with Gasteiger partial charge in [-0.25, -0.2) is 0 Å². The molecule has 8 aromatic rings. The molecule has 2 aliphatic rings. The summed E-state index contributed by atoms with van der Waals surface area (Å²) in [4.78, 5) is 0. The fourth-order valence-corrected chi connectivity index (χ4v) is 8.78. The molecule has 0 amide bonds. The number of nitrogens with zero attached hydrogens (tertiary/aromatic N) is 2. The topological polar surface area (TPSA) is 46.9 Å². The van der Waals surface area contributed by atoms with Crippen molar-refractivity contribution in [1.29, 1.82) is 5.41 Å². The van der Waals surface area contributed by atoms with Crippen LogP contribution in [0.15, 0.2) is 150 Å². The molecule has 0 aliphatic heterocycles. The average Bonchev–Trinajstić information content (AvgIpc) is 3.80. The van der Waals surface area contributed by atoms with E-state index in [0.717, 1.165) is 45.1 Å². The number of fused-ring (bicyclic) bond motifs is 10. The maximum absolute atomic E-state index is 8.25. The van der Waals surface area contributed by atoms with Gasteiger partial charge in [0.15, 0.2) is 0 Å². The second-order valence-electron chi connectivity index (χ2n) is 13.5. The van der Waals surface area contributed by atoms with Gasteiger partial charge in [-0.2, -0.15) is 0 Å². The van der Waals surface area contributed by atoms with E-state index in [-0.39, 0.29) is 17.4 Å². The molecule has 10 rings (SSSR count). The first-order valence-electron chi connectivity index (χ1n) is 16.8. The quantitative estimate of drug-likeness (QED) is 0.196. The van der Waals surface area contributed by atoms with Gasteiger partial charge >= 0.3 is 0 Å². The molecule has 4 nitrogen and oxygen atoms in total. The largest absolute Gasteiger partial charge is 0.455 e. The Morgan fingerprint density at radius 1 is 0.729 bits per heavy atom. The number of furan rings is 1. The van der Waals surface area contributed by atoms with Crippen molar-refractivity contribution in [3.63, 3.8) is 0 Å². The van der Waals surface area contributed by atoms with E-state index in [1.165, 1.54) is 44.7 Å². The predicted molar refractivity (Wildman–Crippen MR) is 199 cm³/mol. The molecule has 0 bridgehead atoms.